The number of ether oxygens (including phenoxy) is 1. The van der Waals surface area contributed by atoms with Crippen molar-refractivity contribution in [3.8, 4) is 0 Å². The van der Waals surface area contributed by atoms with E-state index in [-0.39, 0.29) is 12.0 Å². The lowest BCUT2D eigenvalue weighted by molar-refractivity contribution is -0.116. The van der Waals surface area contributed by atoms with Crippen molar-refractivity contribution in [2.45, 2.75) is 38.3 Å². The molecule has 1 amide bonds. The molecule has 0 saturated carbocycles. The molecule has 0 bridgehead atoms. The molecule has 2 atom stereocenters. The van der Waals surface area contributed by atoms with Crippen LogP contribution in [0, 0.1) is 0 Å². The molecule has 2 aliphatic heterocycles. The van der Waals surface area contributed by atoms with Crippen LogP contribution in [0.25, 0.3) is 0 Å². The molecule has 1 aromatic carbocycles. The summed E-state index contributed by atoms with van der Waals surface area (Å²) >= 11 is 0. The van der Waals surface area contributed by atoms with Crippen LogP contribution in [-0.4, -0.2) is 31.7 Å². The third-order valence-corrected chi connectivity index (χ3v) is 4.36. The molecule has 1 saturated heterocycles. The molecule has 0 radical (unpaired) electrons. The fourth-order valence-electron chi connectivity index (χ4n) is 3.15. The smallest absolute Gasteiger partial charge is 0.224 e. The number of benzene rings is 1. The first-order valence-corrected chi connectivity index (χ1v) is 7.13. The van der Waals surface area contributed by atoms with Crippen molar-refractivity contribution in [1.29, 1.82) is 0 Å². The largest absolute Gasteiger partial charge is 0.397 e. The summed E-state index contributed by atoms with van der Waals surface area (Å²) in [5.74, 6) is 0.0656. The molecule has 3 N–H and O–H groups in total. The van der Waals surface area contributed by atoms with Gasteiger partial charge in [0.1, 0.15) is 0 Å². The highest BCUT2D eigenvalue weighted by Gasteiger charge is 2.29. The van der Waals surface area contributed by atoms with Crippen molar-refractivity contribution in [3.63, 3.8) is 0 Å². The Hall–Kier alpha value is -1.75. The molecule has 0 spiro atoms. The van der Waals surface area contributed by atoms with Gasteiger partial charge in [0.15, 0.2) is 0 Å². The molecule has 0 aliphatic carbocycles. The summed E-state index contributed by atoms with van der Waals surface area (Å²) in [5.41, 5.74) is 9.91. The van der Waals surface area contributed by atoms with Crippen LogP contribution in [-0.2, 0) is 16.0 Å². The average Bonchev–Trinajstić information content (AvgIpc) is 2.83. The number of carbonyl (C=O) groups excluding carboxylic acids is 1. The average molecular weight is 275 g/mol. The number of nitrogens with two attached hydrogens (primary N) is 1. The van der Waals surface area contributed by atoms with Crippen LogP contribution in [0.1, 0.15) is 25.3 Å². The number of amides is 1. The highest BCUT2D eigenvalue weighted by molar-refractivity contribution is 5.95. The molecule has 1 aromatic rings. The Kier molecular flexibility index (Phi) is 3.30. The summed E-state index contributed by atoms with van der Waals surface area (Å²) in [6.45, 7) is 2.90. The maximum Gasteiger partial charge on any atom is 0.224 e. The summed E-state index contributed by atoms with van der Waals surface area (Å²) in [6.07, 6.45) is 2.56. The number of likely N-dealkylation sites (N-methyl/N-ethyl adjacent to an activating group) is 1. The second-order valence-electron chi connectivity index (χ2n) is 5.66. The number of hydrogen-bond acceptors (Lipinski definition) is 4. The summed E-state index contributed by atoms with van der Waals surface area (Å²) < 4.78 is 5.64. The maximum absolute atomic E-state index is 11.4. The highest BCUT2D eigenvalue weighted by atomic mass is 16.5. The predicted octanol–water partition coefficient (Wildman–Crippen LogP) is 1.77. The monoisotopic (exact) mass is 275 g/mol. The molecule has 5 nitrogen and oxygen atoms in total. The first kappa shape index (κ1) is 13.2. The van der Waals surface area contributed by atoms with E-state index in [9.17, 15) is 4.79 Å². The molecule has 0 aromatic heterocycles. The number of carbonyl (C=O) groups is 1. The molecule has 20 heavy (non-hydrogen) atoms. The second kappa shape index (κ2) is 4.98. The predicted molar refractivity (Wildman–Crippen MR) is 80.0 cm³/mol. The van der Waals surface area contributed by atoms with Gasteiger partial charge in [-0.2, -0.15) is 0 Å². The van der Waals surface area contributed by atoms with Gasteiger partial charge >= 0.3 is 0 Å². The Morgan fingerprint density at radius 3 is 2.90 bits per heavy atom. The number of hydrogen-bond donors (Lipinski definition) is 2. The number of nitrogens with one attached hydrogen (secondary N) is 1. The van der Waals surface area contributed by atoms with Gasteiger partial charge in [-0.3, -0.25) is 4.79 Å². The Morgan fingerprint density at radius 2 is 2.20 bits per heavy atom. The van der Waals surface area contributed by atoms with Crippen LogP contribution < -0.4 is 16.0 Å². The van der Waals surface area contributed by atoms with Crippen LogP contribution in [0.5, 0.6) is 0 Å². The van der Waals surface area contributed by atoms with Crippen LogP contribution in [0.15, 0.2) is 12.1 Å². The number of nitrogen functional groups attached to an aromatic ring is 1. The number of rotatable bonds is 2. The van der Waals surface area contributed by atoms with Crippen molar-refractivity contribution < 1.29 is 9.53 Å². The Labute approximate surface area is 119 Å². The summed E-state index contributed by atoms with van der Waals surface area (Å²) in [5, 5.41) is 2.88. The van der Waals surface area contributed by atoms with Crippen molar-refractivity contribution in [3.05, 3.63) is 17.7 Å². The quantitative estimate of drug-likeness (QED) is 0.807. The van der Waals surface area contributed by atoms with Crippen LogP contribution in [0.3, 0.4) is 0 Å². The van der Waals surface area contributed by atoms with E-state index in [0.29, 0.717) is 18.2 Å². The zero-order valence-corrected chi connectivity index (χ0v) is 12.0. The number of fused-ring (bicyclic) bond motifs is 1. The number of aryl methyl sites for hydroxylation is 1. The SMILES string of the molecule is CC1OCCC1N(C)c1cc2c(cc1N)NC(=O)CC2. The highest BCUT2D eigenvalue weighted by Crippen LogP contribution is 2.35. The first-order chi connectivity index (χ1) is 9.56. The van der Waals surface area contributed by atoms with Gasteiger partial charge in [0.25, 0.3) is 0 Å². The Morgan fingerprint density at radius 1 is 1.40 bits per heavy atom. The Bertz CT molecular complexity index is 544. The summed E-state index contributed by atoms with van der Waals surface area (Å²) in [4.78, 5) is 13.6. The van der Waals surface area contributed by atoms with Gasteiger partial charge in [0.05, 0.1) is 23.5 Å². The zero-order valence-electron chi connectivity index (χ0n) is 12.0. The zero-order chi connectivity index (χ0) is 14.3. The lowest BCUT2D eigenvalue weighted by Gasteiger charge is -2.31. The Balaban J connectivity index is 1.92. The molecular weight excluding hydrogens is 254 g/mol. The van der Waals surface area contributed by atoms with Gasteiger partial charge in [0, 0.05) is 25.8 Å². The first-order valence-electron chi connectivity index (χ1n) is 7.13. The fraction of sp³-hybridized carbons (Fsp3) is 0.533. The third kappa shape index (κ3) is 2.22. The van der Waals surface area contributed by atoms with Gasteiger partial charge in [0.2, 0.25) is 5.91 Å². The van der Waals surface area contributed by atoms with Gasteiger partial charge in [-0.15, -0.1) is 0 Å². The van der Waals surface area contributed by atoms with E-state index in [1.54, 1.807) is 0 Å². The third-order valence-electron chi connectivity index (χ3n) is 4.36. The van der Waals surface area contributed by atoms with Crippen molar-refractivity contribution >= 4 is 23.0 Å². The van der Waals surface area contributed by atoms with E-state index in [0.717, 1.165) is 36.4 Å². The van der Waals surface area contributed by atoms with Crippen molar-refractivity contribution in [1.82, 2.24) is 0 Å². The maximum atomic E-state index is 11.4. The molecule has 108 valence electrons. The lowest BCUT2D eigenvalue weighted by atomic mass is 10.00. The van der Waals surface area contributed by atoms with Gasteiger partial charge < -0.3 is 20.7 Å². The minimum atomic E-state index is 0.0656. The van der Waals surface area contributed by atoms with E-state index in [2.05, 4.69) is 30.3 Å². The number of nitrogens with zero attached hydrogens (tertiary/aromatic N) is 1. The number of anilines is 3. The van der Waals surface area contributed by atoms with Gasteiger partial charge in [-0.25, -0.2) is 0 Å². The molecule has 2 heterocycles. The van der Waals surface area contributed by atoms with E-state index in [1.807, 2.05) is 6.07 Å². The van der Waals surface area contributed by atoms with Crippen molar-refractivity contribution in [2.75, 3.05) is 29.6 Å². The molecule has 1 fully saturated rings. The van der Waals surface area contributed by atoms with E-state index in [1.165, 1.54) is 0 Å². The van der Waals surface area contributed by atoms with Crippen LogP contribution in [0.4, 0.5) is 17.1 Å². The minimum Gasteiger partial charge on any atom is -0.397 e. The molecule has 3 rings (SSSR count). The standard InChI is InChI=1S/C15H21N3O2/c1-9-13(5-6-20-9)18(2)14-7-10-3-4-15(19)17-12(10)8-11(14)16/h7-9,13H,3-6,16H2,1-2H3,(H,17,19). The van der Waals surface area contributed by atoms with Crippen LogP contribution in [0.2, 0.25) is 0 Å². The van der Waals surface area contributed by atoms with E-state index >= 15 is 0 Å². The normalized spacial score (nSPS) is 25.2. The lowest BCUT2D eigenvalue weighted by Crippen LogP contribution is -2.37. The molecular formula is C15H21N3O2. The van der Waals surface area contributed by atoms with Gasteiger partial charge in [-0.1, -0.05) is 0 Å². The second-order valence-corrected chi connectivity index (χ2v) is 5.66. The van der Waals surface area contributed by atoms with Crippen LogP contribution >= 0.6 is 0 Å². The van der Waals surface area contributed by atoms with E-state index in [4.69, 9.17) is 10.5 Å². The minimum absolute atomic E-state index is 0.0656. The summed E-state index contributed by atoms with van der Waals surface area (Å²) in [6, 6.07) is 4.34. The fourth-order valence-corrected chi connectivity index (χ4v) is 3.15. The molecule has 2 aliphatic rings. The van der Waals surface area contributed by atoms with Crippen molar-refractivity contribution in [2.24, 2.45) is 0 Å². The summed E-state index contributed by atoms with van der Waals surface area (Å²) in [7, 11) is 2.06. The van der Waals surface area contributed by atoms with E-state index < -0.39 is 0 Å². The molecule has 5 heteroatoms. The molecule has 2 unspecified atom stereocenters. The topological polar surface area (TPSA) is 67.6 Å². The van der Waals surface area contributed by atoms with Gasteiger partial charge in [-0.05, 0) is 37.5 Å².